The van der Waals surface area contributed by atoms with Crippen LogP contribution in [0.2, 0.25) is 0 Å². The second-order valence-electron chi connectivity index (χ2n) is 4.59. The van der Waals surface area contributed by atoms with Gasteiger partial charge < -0.3 is 5.11 Å². The van der Waals surface area contributed by atoms with Crippen molar-refractivity contribution in [3.63, 3.8) is 0 Å². The Bertz CT molecular complexity index is 372. The van der Waals surface area contributed by atoms with Gasteiger partial charge in [0, 0.05) is 19.2 Å². The summed E-state index contributed by atoms with van der Waals surface area (Å²) in [5.41, 5.74) is 0. The van der Waals surface area contributed by atoms with Crippen molar-refractivity contribution in [2.24, 2.45) is 5.92 Å². The van der Waals surface area contributed by atoms with Crippen molar-refractivity contribution in [2.45, 2.75) is 31.8 Å². The van der Waals surface area contributed by atoms with Gasteiger partial charge in [-0.05, 0) is 37.8 Å². The van der Waals surface area contributed by atoms with Crippen LogP contribution in [0.4, 0.5) is 5.82 Å². The van der Waals surface area contributed by atoms with Gasteiger partial charge in [-0.2, -0.15) is 0 Å². The zero-order valence-electron chi connectivity index (χ0n) is 10.0. The summed E-state index contributed by atoms with van der Waals surface area (Å²) in [6, 6.07) is 5.53. The van der Waals surface area contributed by atoms with Crippen LogP contribution in [0.5, 0.6) is 0 Å². The highest BCUT2D eigenvalue weighted by Crippen LogP contribution is 2.26. The Labute approximate surface area is 101 Å². The molecule has 4 heteroatoms. The minimum absolute atomic E-state index is 0.0328. The Morgan fingerprint density at radius 1 is 1.35 bits per heavy atom. The van der Waals surface area contributed by atoms with E-state index in [0.717, 1.165) is 25.7 Å². The molecule has 1 amide bonds. The van der Waals surface area contributed by atoms with Crippen LogP contribution in [0.1, 0.15) is 25.7 Å². The number of hydrogen-bond acceptors (Lipinski definition) is 3. The van der Waals surface area contributed by atoms with E-state index in [-0.39, 0.29) is 17.9 Å². The summed E-state index contributed by atoms with van der Waals surface area (Å²) in [4.78, 5) is 18.0. The van der Waals surface area contributed by atoms with Crippen LogP contribution >= 0.6 is 0 Å². The number of carbonyl (C=O) groups excluding carboxylic acids is 1. The molecule has 0 radical (unpaired) electrons. The maximum atomic E-state index is 12.2. The highest BCUT2D eigenvalue weighted by molar-refractivity contribution is 5.93. The number of carbonyl (C=O) groups is 1. The first-order valence-corrected chi connectivity index (χ1v) is 6.05. The summed E-state index contributed by atoms with van der Waals surface area (Å²) in [6.45, 7) is 0. The molecule has 4 nitrogen and oxygen atoms in total. The van der Waals surface area contributed by atoms with E-state index in [4.69, 9.17) is 0 Å². The molecule has 0 saturated heterocycles. The lowest BCUT2D eigenvalue weighted by molar-refractivity contribution is -0.123. The number of hydrogen-bond donors (Lipinski definition) is 1. The van der Waals surface area contributed by atoms with Gasteiger partial charge in [0.2, 0.25) is 5.91 Å². The van der Waals surface area contributed by atoms with E-state index in [9.17, 15) is 9.90 Å². The third kappa shape index (κ3) is 2.82. The molecular formula is C13H18N2O2. The quantitative estimate of drug-likeness (QED) is 0.845. The second-order valence-corrected chi connectivity index (χ2v) is 4.59. The van der Waals surface area contributed by atoms with Crippen LogP contribution < -0.4 is 4.90 Å². The lowest BCUT2D eigenvalue weighted by Crippen LogP contribution is -2.36. The Morgan fingerprint density at radius 2 is 2.06 bits per heavy atom. The second kappa shape index (κ2) is 5.27. The molecule has 0 aromatic carbocycles. The predicted octanol–water partition coefficient (Wildman–Crippen LogP) is 1.60. The Kier molecular flexibility index (Phi) is 3.74. The number of rotatable bonds is 2. The number of aromatic nitrogens is 1. The van der Waals surface area contributed by atoms with Gasteiger partial charge in [0.1, 0.15) is 5.82 Å². The van der Waals surface area contributed by atoms with Crippen molar-refractivity contribution < 1.29 is 9.90 Å². The van der Waals surface area contributed by atoms with Gasteiger partial charge in [0.05, 0.1) is 6.10 Å². The first kappa shape index (κ1) is 12.0. The van der Waals surface area contributed by atoms with E-state index in [1.54, 1.807) is 18.1 Å². The molecule has 0 bridgehead atoms. The van der Waals surface area contributed by atoms with Crippen molar-refractivity contribution in [1.82, 2.24) is 4.98 Å². The van der Waals surface area contributed by atoms with Gasteiger partial charge in [-0.3, -0.25) is 9.69 Å². The van der Waals surface area contributed by atoms with Crippen LogP contribution in [0.15, 0.2) is 24.4 Å². The highest BCUT2D eigenvalue weighted by atomic mass is 16.3. The minimum Gasteiger partial charge on any atom is -0.393 e. The molecule has 1 heterocycles. The highest BCUT2D eigenvalue weighted by Gasteiger charge is 2.28. The van der Waals surface area contributed by atoms with E-state index >= 15 is 0 Å². The zero-order chi connectivity index (χ0) is 12.3. The fraction of sp³-hybridized carbons (Fsp3) is 0.538. The molecule has 1 saturated carbocycles. The monoisotopic (exact) mass is 234 g/mol. The van der Waals surface area contributed by atoms with Gasteiger partial charge in [-0.1, -0.05) is 6.07 Å². The Hall–Kier alpha value is -1.42. The molecule has 1 aliphatic carbocycles. The van der Waals surface area contributed by atoms with Crippen molar-refractivity contribution in [1.29, 1.82) is 0 Å². The molecule has 0 atom stereocenters. The largest absolute Gasteiger partial charge is 0.393 e. The number of pyridine rings is 1. The van der Waals surface area contributed by atoms with E-state index in [1.807, 2.05) is 18.2 Å². The molecule has 17 heavy (non-hydrogen) atoms. The van der Waals surface area contributed by atoms with E-state index < -0.39 is 0 Å². The molecule has 1 fully saturated rings. The first-order chi connectivity index (χ1) is 8.18. The molecule has 1 aliphatic rings. The number of aliphatic hydroxyl groups excluding tert-OH is 1. The summed E-state index contributed by atoms with van der Waals surface area (Å²) in [5, 5.41) is 9.43. The summed E-state index contributed by atoms with van der Waals surface area (Å²) < 4.78 is 0. The maximum absolute atomic E-state index is 12.2. The topological polar surface area (TPSA) is 53.4 Å². The predicted molar refractivity (Wildman–Crippen MR) is 65.6 cm³/mol. The molecule has 1 aromatic heterocycles. The Balaban J connectivity index is 2.00. The number of amides is 1. The average molecular weight is 234 g/mol. The minimum atomic E-state index is -0.223. The fourth-order valence-corrected chi connectivity index (χ4v) is 2.26. The van der Waals surface area contributed by atoms with Gasteiger partial charge in [-0.15, -0.1) is 0 Å². The van der Waals surface area contributed by atoms with Gasteiger partial charge in [0.25, 0.3) is 0 Å². The van der Waals surface area contributed by atoms with Crippen LogP contribution in [0, 0.1) is 5.92 Å². The van der Waals surface area contributed by atoms with Crippen LogP contribution in [0.3, 0.4) is 0 Å². The number of aliphatic hydroxyl groups is 1. The lowest BCUT2D eigenvalue weighted by Gasteiger charge is -2.28. The lowest BCUT2D eigenvalue weighted by atomic mass is 9.86. The van der Waals surface area contributed by atoms with Gasteiger partial charge in [-0.25, -0.2) is 4.98 Å². The molecule has 0 aliphatic heterocycles. The molecule has 2 rings (SSSR count). The molecular weight excluding hydrogens is 216 g/mol. The van der Waals surface area contributed by atoms with E-state index in [0.29, 0.717) is 5.82 Å². The Morgan fingerprint density at radius 3 is 2.65 bits per heavy atom. The van der Waals surface area contributed by atoms with Crippen molar-refractivity contribution in [3.05, 3.63) is 24.4 Å². The van der Waals surface area contributed by atoms with Gasteiger partial charge >= 0.3 is 0 Å². The molecule has 92 valence electrons. The summed E-state index contributed by atoms with van der Waals surface area (Å²) in [5.74, 6) is 0.824. The van der Waals surface area contributed by atoms with Crippen LogP contribution in [-0.4, -0.2) is 29.1 Å². The van der Waals surface area contributed by atoms with Crippen LogP contribution in [-0.2, 0) is 4.79 Å². The third-order valence-electron chi connectivity index (χ3n) is 3.37. The van der Waals surface area contributed by atoms with Crippen molar-refractivity contribution in [2.75, 3.05) is 11.9 Å². The smallest absolute Gasteiger partial charge is 0.230 e. The molecule has 0 spiro atoms. The fourth-order valence-electron chi connectivity index (χ4n) is 2.26. The first-order valence-electron chi connectivity index (χ1n) is 6.05. The summed E-state index contributed by atoms with van der Waals surface area (Å²) >= 11 is 0. The van der Waals surface area contributed by atoms with E-state index in [1.165, 1.54) is 0 Å². The van der Waals surface area contributed by atoms with Crippen molar-refractivity contribution >= 4 is 11.7 Å². The molecule has 1 N–H and O–H groups in total. The maximum Gasteiger partial charge on any atom is 0.230 e. The summed E-state index contributed by atoms with van der Waals surface area (Å²) in [6.07, 6.45) is 4.47. The third-order valence-corrected chi connectivity index (χ3v) is 3.37. The molecule has 1 aromatic rings. The summed E-state index contributed by atoms with van der Waals surface area (Å²) in [7, 11) is 1.76. The zero-order valence-corrected chi connectivity index (χ0v) is 10.0. The SMILES string of the molecule is CN(C(=O)C1CCC(O)CC1)c1ccccn1. The standard InChI is InChI=1S/C13H18N2O2/c1-15(12-4-2-3-9-14-12)13(17)10-5-7-11(16)8-6-10/h2-4,9-11,16H,5-8H2,1H3. The van der Waals surface area contributed by atoms with E-state index in [2.05, 4.69) is 4.98 Å². The number of anilines is 1. The van der Waals surface area contributed by atoms with Crippen molar-refractivity contribution in [3.8, 4) is 0 Å². The van der Waals surface area contributed by atoms with Gasteiger partial charge in [0.15, 0.2) is 0 Å². The normalized spacial score (nSPS) is 24.4. The number of nitrogens with zero attached hydrogens (tertiary/aromatic N) is 2. The molecule has 0 unspecified atom stereocenters. The average Bonchev–Trinajstić information content (AvgIpc) is 2.39. The van der Waals surface area contributed by atoms with Crippen LogP contribution in [0.25, 0.3) is 0 Å².